The number of aliphatic hydroxyl groups excluding tert-OH is 1. The molecule has 0 aliphatic carbocycles. The van der Waals surface area contributed by atoms with E-state index in [0.717, 1.165) is 0 Å². The molecule has 13 nitrogen and oxygen atoms in total. The van der Waals surface area contributed by atoms with Gasteiger partial charge >= 0.3 is 0 Å². The number of halogens is 3. The number of anilines is 1. The first-order valence-electron chi connectivity index (χ1n) is 14.2. The number of carbonyl (C=O) groups excluding carboxylic acids is 3. The molecule has 3 heterocycles. The number of rotatable bonds is 6. The van der Waals surface area contributed by atoms with Crippen molar-refractivity contribution < 1.29 is 42.9 Å². The number of aromatic nitrogens is 2. The van der Waals surface area contributed by atoms with E-state index in [2.05, 4.69) is 15.6 Å². The molecule has 4 N–H and O–H groups in total. The van der Waals surface area contributed by atoms with Crippen LogP contribution in [0.2, 0.25) is 5.02 Å². The highest BCUT2D eigenvalue weighted by molar-refractivity contribution is 6.34. The first-order chi connectivity index (χ1) is 22.0. The summed E-state index contributed by atoms with van der Waals surface area (Å²) in [5.41, 5.74) is 0.627. The molecule has 0 bridgehead atoms. The van der Waals surface area contributed by atoms with Crippen LogP contribution >= 0.6 is 11.6 Å². The quantitative estimate of drug-likeness (QED) is 0.290. The number of hydrogen-bond acceptors (Lipinski definition) is 8. The Hall–Kier alpha value is -4.60. The Morgan fingerprint density at radius 3 is 2.41 bits per heavy atom. The lowest BCUT2D eigenvalue weighted by molar-refractivity contribution is -0.142. The molecule has 0 unspecified atom stereocenters. The number of carboxylic acid groups (broad SMARTS) is 1. The Bertz CT molecular complexity index is 1610. The van der Waals surface area contributed by atoms with E-state index >= 15 is 0 Å². The van der Waals surface area contributed by atoms with E-state index in [1.54, 1.807) is 9.80 Å². The fraction of sp³-hybridized carbons (Fsp3) is 0.367. The minimum atomic E-state index is -1.15. The fourth-order valence-electron chi connectivity index (χ4n) is 5.38. The van der Waals surface area contributed by atoms with Gasteiger partial charge in [0, 0.05) is 51.0 Å². The van der Waals surface area contributed by atoms with Crippen molar-refractivity contribution in [3.63, 3.8) is 0 Å². The maximum Gasteiger partial charge on any atom is 0.291 e. The minimum Gasteiger partial charge on any atom is -0.494 e. The molecule has 2 aromatic carbocycles. The van der Waals surface area contributed by atoms with Gasteiger partial charge < -0.3 is 40.0 Å². The summed E-state index contributed by atoms with van der Waals surface area (Å²) in [4.78, 5) is 54.8. The highest BCUT2D eigenvalue weighted by atomic mass is 35.5. The number of imidazole rings is 1. The largest absolute Gasteiger partial charge is 0.494 e. The molecule has 2 saturated heterocycles. The Morgan fingerprint density at radius 1 is 1.11 bits per heavy atom. The van der Waals surface area contributed by atoms with Crippen molar-refractivity contribution in [2.45, 2.75) is 12.5 Å². The zero-order valence-electron chi connectivity index (χ0n) is 25.0. The number of piperidine rings is 1. The molecule has 3 aromatic rings. The van der Waals surface area contributed by atoms with Gasteiger partial charge in [0.15, 0.2) is 17.4 Å². The Balaban J connectivity index is 0.00000154. The molecule has 46 heavy (non-hydrogen) atoms. The molecule has 1 aromatic heterocycles. The number of amides is 3. The molecule has 2 atom stereocenters. The molecule has 246 valence electrons. The molecule has 0 saturated carbocycles. The van der Waals surface area contributed by atoms with Gasteiger partial charge in [0.05, 0.1) is 41.6 Å². The Morgan fingerprint density at radius 2 is 1.78 bits per heavy atom. The molecule has 2 fully saturated rings. The van der Waals surface area contributed by atoms with Crippen LogP contribution in [0.5, 0.6) is 5.75 Å². The number of benzene rings is 2. The molecule has 2 aliphatic rings. The standard InChI is InChI=1S/C29H31ClF2N6O5.CH2O2/c1-36-21(18-5-6-23(43-2)25(32)24(18)31)14-34-26(36)27(40)35-16-3-4-17(20(30)13-16)28(41)37-9-11-38(12-10-37)29(42)19-7-8-33-15-22(19)39;2-1-3/h3-6,13-14,19,22,33,39H,7-12,15H2,1-2H3,(H,35,40);1H,(H,2,3)/t19-,22-;/m1./s1. The molecule has 0 spiro atoms. The summed E-state index contributed by atoms with van der Waals surface area (Å²) in [6, 6.07) is 7.08. The second kappa shape index (κ2) is 15.1. The van der Waals surface area contributed by atoms with Gasteiger partial charge in [-0.2, -0.15) is 4.39 Å². The third kappa shape index (κ3) is 7.27. The van der Waals surface area contributed by atoms with Crippen LogP contribution in [0.25, 0.3) is 11.3 Å². The van der Waals surface area contributed by atoms with Gasteiger partial charge in [-0.05, 0) is 43.3 Å². The molecular formula is C30H33ClF2N6O7. The number of ether oxygens (including phenoxy) is 1. The van der Waals surface area contributed by atoms with Crippen LogP contribution in [0.1, 0.15) is 27.4 Å². The number of nitrogens with one attached hydrogen (secondary N) is 2. The highest BCUT2D eigenvalue weighted by Crippen LogP contribution is 2.30. The van der Waals surface area contributed by atoms with Crippen molar-refractivity contribution in [3.05, 3.63) is 64.6 Å². The van der Waals surface area contributed by atoms with Crippen LogP contribution < -0.4 is 15.4 Å². The predicted octanol–water partition coefficient (Wildman–Crippen LogP) is 2.24. The van der Waals surface area contributed by atoms with Crippen molar-refractivity contribution in [2.24, 2.45) is 13.0 Å². The van der Waals surface area contributed by atoms with Gasteiger partial charge in [0.25, 0.3) is 18.3 Å². The number of nitrogens with zero attached hydrogens (tertiary/aromatic N) is 4. The minimum absolute atomic E-state index is 0.0636. The van der Waals surface area contributed by atoms with Gasteiger partial charge in [-0.15, -0.1) is 0 Å². The van der Waals surface area contributed by atoms with Crippen LogP contribution in [0, 0.1) is 17.6 Å². The first-order valence-corrected chi connectivity index (χ1v) is 14.6. The Labute approximate surface area is 267 Å². The number of aliphatic hydroxyl groups is 1. The van der Waals surface area contributed by atoms with Crippen LogP contribution in [0.4, 0.5) is 14.5 Å². The number of β-amino-alcohol motifs (C(OH)–C–C–N with tert-alkyl or cyclic N) is 1. The highest BCUT2D eigenvalue weighted by Gasteiger charge is 2.35. The van der Waals surface area contributed by atoms with Crippen molar-refractivity contribution in [3.8, 4) is 17.0 Å². The number of carbonyl (C=O) groups is 4. The van der Waals surface area contributed by atoms with Crippen molar-refractivity contribution in [1.29, 1.82) is 0 Å². The summed E-state index contributed by atoms with van der Waals surface area (Å²) in [5.74, 6) is -4.06. The first kappa shape index (κ1) is 34.3. The normalized spacial score (nSPS) is 17.9. The van der Waals surface area contributed by atoms with Crippen LogP contribution in [-0.4, -0.2) is 106 Å². The molecular weight excluding hydrogens is 630 g/mol. The molecule has 0 radical (unpaired) electrons. The average Bonchev–Trinajstić information content (AvgIpc) is 3.43. The lowest BCUT2D eigenvalue weighted by Gasteiger charge is -2.38. The SMILES string of the molecule is COc1ccc(-c2cnc(C(=O)Nc3ccc(C(=O)N4CCN(C(=O)[C@@H]5CCNC[C@H]5O)CC4)c(Cl)c3)n2C)c(F)c1F.O=CO. The topological polar surface area (TPSA) is 166 Å². The maximum absolute atomic E-state index is 14.6. The summed E-state index contributed by atoms with van der Waals surface area (Å²) in [6.45, 7) is 2.16. The smallest absolute Gasteiger partial charge is 0.291 e. The molecule has 16 heteroatoms. The van der Waals surface area contributed by atoms with E-state index in [-0.39, 0.29) is 51.7 Å². The number of piperazine rings is 1. The van der Waals surface area contributed by atoms with Crippen molar-refractivity contribution in [2.75, 3.05) is 51.7 Å². The maximum atomic E-state index is 14.6. The zero-order valence-corrected chi connectivity index (χ0v) is 25.8. The van der Waals surface area contributed by atoms with E-state index in [4.69, 9.17) is 26.2 Å². The van der Waals surface area contributed by atoms with Crippen LogP contribution in [0.3, 0.4) is 0 Å². The van der Waals surface area contributed by atoms with E-state index in [9.17, 15) is 28.3 Å². The van der Waals surface area contributed by atoms with Crippen LogP contribution in [-0.2, 0) is 16.6 Å². The van der Waals surface area contributed by atoms with Crippen molar-refractivity contribution >= 4 is 41.5 Å². The third-order valence-corrected chi connectivity index (χ3v) is 8.15. The lowest BCUT2D eigenvalue weighted by atomic mass is 9.93. The second-order valence-electron chi connectivity index (χ2n) is 10.5. The van der Waals surface area contributed by atoms with E-state index in [1.165, 1.54) is 55.3 Å². The van der Waals surface area contributed by atoms with Gasteiger partial charge in [0.1, 0.15) is 0 Å². The lowest BCUT2D eigenvalue weighted by Crippen LogP contribution is -2.55. The van der Waals surface area contributed by atoms with Gasteiger partial charge in [0.2, 0.25) is 11.7 Å². The molecule has 2 aliphatic heterocycles. The second-order valence-corrected chi connectivity index (χ2v) is 10.9. The summed E-state index contributed by atoms with van der Waals surface area (Å²) < 4.78 is 35.0. The average molecular weight is 663 g/mol. The fourth-order valence-corrected chi connectivity index (χ4v) is 5.64. The number of hydrogen-bond donors (Lipinski definition) is 4. The van der Waals surface area contributed by atoms with E-state index < -0.39 is 29.6 Å². The number of methoxy groups -OCH3 is 1. The summed E-state index contributed by atoms with van der Waals surface area (Å²) >= 11 is 6.44. The Kier molecular flexibility index (Phi) is 11.3. The summed E-state index contributed by atoms with van der Waals surface area (Å²) in [6.07, 6.45) is 1.11. The zero-order chi connectivity index (χ0) is 33.5. The molecule has 3 amide bonds. The van der Waals surface area contributed by atoms with Crippen molar-refractivity contribution in [1.82, 2.24) is 24.7 Å². The predicted molar refractivity (Wildman–Crippen MR) is 163 cm³/mol. The van der Waals surface area contributed by atoms with Gasteiger partial charge in [-0.25, -0.2) is 9.37 Å². The molecule has 5 rings (SSSR count). The van der Waals surface area contributed by atoms with E-state index in [1.807, 2.05) is 0 Å². The van der Waals surface area contributed by atoms with Gasteiger partial charge in [-0.3, -0.25) is 19.2 Å². The van der Waals surface area contributed by atoms with Gasteiger partial charge in [-0.1, -0.05) is 11.6 Å². The monoisotopic (exact) mass is 662 g/mol. The van der Waals surface area contributed by atoms with Crippen LogP contribution in [0.15, 0.2) is 36.5 Å². The van der Waals surface area contributed by atoms with E-state index in [0.29, 0.717) is 51.4 Å². The summed E-state index contributed by atoms with van der Waals surface area (Å²) in [5, 5.41) is 22.9. The summed E-state index contributed by atoms with van der Waals surface area (Å²) in [7, 11) is 2.72. The third-order valence-electron chi connectivity index (χ3n) is 7.84.